The minimum Gasteiger partial charge on any atom is -0.485 e. The van der Waals surface area contributed by atoms with E-state index >= 15 is 0 Å². The molecule has 1 atom stereocenters. The fourth-order valence-corrected chi connectivity index (χ4v) is 2.08. The summed E-state index contributed by atoms with van der Waals surface area (Å²) in [6.07, 6.45) is 0.643. The third kappa shape index (κ3) is 2.54. The van der Waals surface area contributed by atoms with Gasteiger partial charge in [0.05, 0.1) is 0 Å². The van der Waals surface area contributed by atoms with Crippen LogP contribution in [0.5, 0.6) is 11.5 Å². The predicted molar refractivity (Wildman–Crippen MR) is 70.2 cm³/mol. The Bertz CT molecular complexity index is 565. The Hall–Kier alpha value is -2.04. The quantitative estimate of drug-likeness (QED) is 0.920. The number of aromatic amines is 1. The van der Waals surface area contributed by atoms with E-state index in [4.69, 9.17) is 9.47 Å². The van der Waals surface area contributed by atoms with Gasteiger partial charge in [-0.1, -0.05) is 26.0 Å². The van der Waals surface area contributed by atoms with Crippen LogP contribution in [0.25, 0.3) is 0 Å². The van der Waals surface area contributed by atoms with Gasteiger partial charge < -0.3 is 9.47 Å². The average molecular weight is 259 g/mol. The first-order valence-electron chi connectivity index (χ1n) is 6.52. The molecule has 0 aliphatic carbocycles. The third-order valence-electron chi connectivity index (χ3n) is 2.95. The number of nitrogens with one attached hydrogen (secondary N) is 1. The van der Waals surface area contributed by atoms with Crippen molar-refractivity contribution in [3.05, 3.63) is 35.9 Å². The molecule has 0 bridgehead atoms. The molecule has 5 nitrogen and oxygen atoms in total. The minimum absolute atomic E-state index is 0.243. The topological polar surface area (TPSA) is 60.0 Å². The zero-order valence-corrected chi connectivity index (χ0v) is 11.1. The van der Waals surface area contributed by atoms with Gasteiger partial charge in [0.15, 0.2) is 23.4 Å². The predicted octanol–water partition coefficient (Wildman–Crippen LogP) is 2.52. The lowest BCUT2D eigenvalue weighted by atomic mass is 10.1. The van der Waals surface area contributed by atoms with E-state index in [1.165, 1.54) is 0 Å². The highest BCUT2D eigenvalue weighted by Gasteiger charge is 2.25. The van der Waals surface area contributed by atoms with E-state index < -0.39 is 0 Å². The van der Waals surface area contributed by atoms with Crippen LogP contribution in [-0.4, -0.2) is 21.8 Å². The summed E-state index contributed by atoms with van der Waals surface area (Å²) in [6.45, 7) is 4.74. The molecule has 2 aromatic rings. The van der Waals surface area contributed by atoms with Crippen LogP contribution in [0, 0.1) is 5.92 Å². The van der Waals surface area contributed by atoms with Crippen molar-refractivity contribution in [3.8, 4) is 11.5 Å². The second-order valence-electron chi connectivity index (χ2n) is 5.10. The van der Waals surface area contributed by atoms with Gasteiger partial charge in [0.1, 0.15) is 12.4 Å². The van der Waals surface area contributed by atoms with Gasteiger partial charge in [0.2, 0.25) is 0 Å². The molecule has 19 heavy (non-hydrogen) atoms. The molecule has 1 aromatic carbocycles. The van der Waals surface area contributed by atoms with E-state index in [1.54, 1.807) is 0 Å². The maximum Gasteiger partial charge on any atom is 0.194 e. The molecule has 1 N–H and O–H groups in total. The number of hydrogen-bond donors (Lipinski definition) is 1. The van der Waals surface area contributed by atoms with Crippen molar-refractivity contribution >= 4 is 0 Å². The van der Waals surface area contributed by atoms with Crippen LogP contribution in [0.1, 0.15) is 31.6 Å². The second kappa shape index (κ2) is 4.91. The van der Waals surface area contributed by atoms with E-state index in [0.29, 0.717) is 18.3 Å². The Morgan fingerprint density at radius 2 is 2.11 bits per heavy atom. The van der Waals surface area contributed by atoms with Crippen molar-refractivity contribution in [2.75, 3.05) is 6.61 Å². The number of aromatic nitrogens is 3. The molecule has 1 unspecified atom stereocenters. The van der Waals surface area contributed by atoms with E-state index in [2.05, 4.69) is 29.0 Å². The molecule has 0 amide bonds. The maximum absolute atomic E-state index is 5.87. The summed E-state index contributed by atoms with van der Waals surface area (Å²) in [4.78, 5) is 4.48. The Morgan fingerprint density at radius 3 is 2.89 bits per heavy atom. The number of hydrogen-bond acceptors (Lipinski definition) is 4. The lowest BCUT2D eigenvalue weighted by Crippen LogP contribution is -2.22. The second-order valence-corrected chi connectivity index (χ2v) is 5.10. The van der Waals surface area contributed by atoms with Gasteiger partial charge in [0, 0.05) is 6.42 Å². The number of ether oxygens (including phenoxy) is 2. The third-order valence-corrected chi connectivity index (χ3v) is 2.95. The van der Waals surface area contributed by atoms with Crippen LogP contribution in [-0.2, 0) is 6.42 Å². The molecule has 0 radical (unpaired) electrons. The largest absolute Gasteiger partial charge is 0.485 e. The summed E-state index contributed by atoms with van der Waals surface area (Å²) in [5.74, 6) is 3.62. The van der Waals surface area contributed by atoms with Crippen LogP contribution in [0.15, 0.2) is 24.3 Å². The van der Waals surface area contributed by atoms with Gasteiger partial charge in [-0.25, -0.2) is 4.98 Å². The molecular weight excluding hydrogens is 242 g/mol. The first-order chi connectivity index (χ1) is 9.22. The number of para-hydroxylation sites is 2. The highest BCUT2D eigenvalue weighted by molar-refractivity contribution is 5.40. The number of benzene rings is 1. The SMILES string of the molecule is CC(C)Cc1nc(C2COc3ccccc3O2)n[nH]1. The van der Waals surface area contributed by atoms with Gasteiger partial charge in [-0.15, -0.1) is 0 Å². The molecule has 5 heteroatoms. The Kier molecular flexibility index (Phi) is 3.11. The molecule has 0 saturated heterocycles. The first kappa shape index (κ1) is 12.0. The monoisotopic (exact) mass is 259 g/mol. The van der Waals surface area contributed by atoms with E-state index in [-0.39, 0.29) is 6.10 Å². The van der Waals surface area contributed by atoms with Gasteiger partial charge in [-0.3, -0.25) is 5.10 Å². The number of fused-ring (bicyclic) bond motifs is 1. The molecule has 0 fully saturated rings. The number of H-pyrrole nitrogens is 1. The Morgan fingerprint density at radius 1 is 1.32 bits per heavy atom. The summed E-state index contributed by atoms with van der Waals surface area (Å²) in [7, 11) is 0. The zero-order chi connectivity index (χ0) is 13.2. The standard InChI is InChI=1S/C14H17N3O2/c1-9(2)7-13-15-14(17-16-13)12-8-18-10-5-3-4-6-11(10)19-12/h3-6,9,12H,7-8H2,1-2H3,(H,15,16,17). The highest BCUT2D eigenvalue weighted by Crippen LogP contribution is 2.34. The van der Waals surface area contributed by atoms with Crippen molar-refractivity contribution in [2.45, 2.75) is 26.4 Å². The number of nitrogens with zero attached hydrogens (tertiary/aromatic N) is 2. The highest BCUT2D eigenvalue weighted by atomic mass is 16.6. The lowest BCUT2D eigenvalue weighted by Gasteiger charge is -2.24. The van der Waals surface area contributed by atoms with Crippen LogP contribution in [0.4, 0.5) is 0 Å². The number of rotatable bonds is 3. The molecule has 2 heterocycles. The summed E-state index contributed by atoms with van der Waals surface area (Å²) in [6, 6.07) is 7.64. The molecule has 1 aliphatic heterocycles. The van der Waals surface area contributed by atoms with Crippen molar-refractivity contribution in [1.29, 1.82) is 0 Å². The molecule has 1 aliphatic rings. The van der Waals surface area contributed by atoms with Crippen LogP contribution >= 0.6 is 0 Å². The summed E-state index contributed by atoms with van der Waals surface area (Å²) >= 11 is 0. The lowest BCUT2D eigenvalue weighted by molar-refractivity contribution is 0.0853. The Balaban J connectivity index is 1.76. The van der Waals surface area contributed by atoms with Gasteiger partial charge >= 0.3 is 0 Å². The molecule has 0 saturated carbocycles. The first-order valence-corrected chi connectivity index (χ1v) is 6.52. The molecule has 3 rings (SSSR count). The van der Waals surface area contributed by atoms with Crippen molar-refractivity contribution < 1.29 is 9.47 Å². The summed E-state index contributed by atoms with van der Waals surface area (Å²) in [5.41, 5.74) is 0. The van der Waals surface area contributed by atoms with Crippen LogP contribution in [0.2, 0.25) is 0 Å². The van der Waals surface area contributed by atoms with Crippen LogP contribution < -0.4 is 9.47 Å². The van der Waals surface area contributed by atoms with Crippen molar-refractivity contribution in [2.24, 2.45) is 5.92 Å². The fraction of sp³-hybridized carbons (Fsp3) is 0.429. The van der Waals surface area contributed by atoms with E-state index in [9.17, 15) is 0 Å². The fourth-order valence-electron chi connectivity index (χ4n) is 2.08. The normalized spacial score (nSPS) is 17.7. The van der Waals surface area contributed by atoms with Gasteiger partial charge in [-0.05, 0) is 18.1 Å². The van der Waals surface area contributed by atoms with Gasteiger partial charge in [0.25, 0.3) is 0 Å². The van der Waals surface area contributed by atoms with E-state index in [0.717, 1.165) is 23.7 Å². The average Bonchev–Trinajstić information content (AvgIpc) is 2.86. The summed E-state index contributed by atoms with van der Waals surface area (Å²) in [5, 5.41) is 7.19. The molecule has 0 spiro atoms. The smallest absolute Gasteiger partial charge is 0.194 e. The van der Waals surface area contributed by atoms with Gasteiger partial charge in [-0.2, -0.15) is 5.10 Å². The van der Waals surface area contributed by atoms with Crippen molar-refractivity contribution in [3.63, 3.8) is 0 Å². The van der Waals surface area contributed by atoms with Crippen molar-refractivity contribution in [1.82, 2.24) is 15.2 Å². The Labute approximate surface area is 112 Å². The molecular formula is C14H17N3O2. The van der Waals surface area contributed by atoms with Crippen LogP contribution in [0.3, 0.4) is 0 Å². The maximum atomic E-state index is 5.87. The minimum atomic E-state index is -0.243. The molecule has 1 aromatic heterocycles. The zero-order valence-electron chi connectivity index (χ0n) is 11.1. The van der Waals surface area contributed by atoms with E-state index in [1.807, 2.05) is 24.3 Å². The summed E-state index contributed by atoms with van der Waals surface area (Å²) < 4.78 is 11.5. The molecule has 100 valence electrons.